The lowest BCUT2D eigenvalue weighted by Crippen LogP contribution is -2.41. The number of carbonyl (C=O) groups excluding carboxylic acids is 1. The Morgan fingerprint density at radius 3 is 2.62 bits per heavy atom. The van der Waals surface area contributed by atoms with Crippen LogP contribution in [0, 0.1) is 17.2 Å². The Morgan fingerprint density at radius 2 is 2.00 bits per heavy atom. The lowest BCUT2D eigenvalue weighted by molar-refractivity contribution is -0.120. The van der Waals surface area contributed by atoms with Crippen molar-refractivity contribution in [3.8, 4) is 6.07 Å². The second kappa shape index (κ2) is 7.88. The van der Waals surface area contributed by atoms with Gasteiger partial charge < -0.3 is 5.32 Å². The van der Waals surface area contributed by atoms with Crippen LogP contribution in [0.3, 0.4) is 0 Å². The lowest BCUT2D eigenvalue weighted by atomic mass is 9.97. The van der Waals surface area contributed by atoms with Crippen LogP contribution in [0.5, 0.6) is 0 Å². The lowest BCUT2D eigenvalue weighted by Gasteiger charge is -2.30. The highest BCUT2D eigenvalue weighted by atomic mass is 79.9. The van der Waals surface area contributed by atoms with Gasteiger partial charge in [0.15, 0.2) is 0 Å². The summed E-state index contributed by atoms with van der Waals surface area (Å²) in [5.74, 6) is -0.390. The number of sulfonamides is 1. The average molecular weight is 454 g/mol. The van der Waals surface area contributed by atoms with Crippen LogP contribution < -0.4 is 5.32 Å². The molecule has 1 amide bonds. The summed E-state index contributed by atoms with van der Waals surface area (Å²) in [6.07, 6.45) is 0.936. The second-order valence-electron chi connectivity index (χ2n) is 5.92. The number of nitrogens with zero attached hydrogens (tertiary/aromatic N) is 2. The molecule has 1 aliphatic heterocycles. The molecule has 1 aliphatic rings. The summed E-state index contributed by atoms with van der Waals surface area (Å²) in [4.78, 5) is 12.4. The van der Waals surface area contributed by atoms with E-state index >= 15 is 0 Å². The largest absolute Gasteiger partial charge is 0.326 e. The second-order valence-corrected chi connectivity index (χ2v) is 10.5. The summed E-state index contributed by atoms with van der Waals surface area (Å²) in [6, 6.07) is 12.1. The number of anilines is 1. The van der Waals surface area contributed by atoms with Crippen molar-refractivity contribution in [2.75, 3.05) is 18.4 Å². The number of rotatable bonds is 4. The predicted octanol–water partition coefficient (Wildman–Crippen LogP) is 3.42. The maximum Gasteiger partial charge on any atom is 0.252 e. The number of piperidine rings is 1. The van der Waals surface area contributed by atoms with E-state index in [2.05, 4.69) is 21.2 Å². The minimum Gasteiger partial charge on any atom is -0.326 e. The number of nitriles is 1. The molecule has 1 aromatic carbocycles. The molecule has 0 radical (unpaired) electrons. The van der Waals surface area contributed by atoms with E-state index in [1.165, 1.54) is 15.6 Å². The fourth-order valence-corrected chi connectivity index (χ4v) is 6.47. The molecule has 0 aliphatic carbocycles. The molecule has 6 nitrogen and oxygen atoms in total. The minimum atomic E-state index is -3.50. The van der Waals surface area contributed by atoms with E-state index in [4.69, 9.17) is 5.26 Å². The number of hydrogen-bond acceptors (Lipinski definition) is 5. The van der Waals surface area contributed by atoms with Crippen LogP contribution in [-0.4, -0.2) is 31.7 Å². The van der Waals surface area contributed by atoms with Gasteiger partial charge in [0.25, 0.3) is 10.0 Å². The first-order valence-electron chi connectivity index (χ1n) is 7.96. The summed E-state index contributed by atoms with van der Waals surface area (Å²) < 4.78 is 27.8. The van der Waals surface area contributed by atoms with Crippen LogP contribution in [0.25, 0.3) is 0 Å². The van der Waals surface area contributed by atoms with Crippen LogP contribution >= 0.6 is 27.3 Å². The molecular formula is C17H16BrN3O3S2. The van der Waals surface area contributed by atoms with E-state index in [1.54, 1.807) is 36.4 Å². The molecule has 9 heteroatoms. The standard InChI is InChI=1S/C17H16BrN3O3S2/c18-15-4-5-16(25-15)26(23,24)21-8-6-13(7-9-21)17(22)20-14-3-1-2-12(10-14)11-19/h1-5,10,13H,6-9H2,(H,20,22). The number of benzene rings is 1. The maximum atomic E-state index is 12.6. The molecule has 0 saturated carbocycles. The Morgan fingerprint density at radius 1 is 1.27 bits per heavy atom. The molecule has 2 heterocycles. The summed E-state index contributed by atoms with van der Waals surface area (Å²) in [7, 11) is -3.50. The van der Waals surface area contributed by atoms with Gasteiger partial charge in [-0.3, -0.25) is 4.79 Å². The van der Waals surface area contributed by atoms with Crippen LogP contribution in [0.1, 0.15) is 18.4 Å². The first kappa shape index (κ1) is 19.0. The number of amides is 1. The van der Waals surface area contributed by atoms with E-state index in [9.17, 15) is 13.2 Å². The SMILES string of the molecule is N#Cc1cccc(NC(=O)C2CCN(S(=O)(=O)c3ccc(Br)s3)CC2)c1. The third-order valence-electron chi connectivity index (χ3n) is 4.23. The molecular weight excluding hydrogens is 438 g/mol. The van der Waals surface area contributed by atoms with Crippen molar-refractivity contribution in [3.63, 3.8) is 0 Å². The highest BCUT2D eigenvalue weighted by Gasteiger charge is 2.32. The van der Waals surface area contributed by atoms with Gasteiger partial charge in [-0.15, -0.1) is 11.3 Å². The molecule has 0 bridgehead atoms. The van der Waals surface area contributed by atoms with Crippen molar-refractivity contribution in [3.05, 3.63) is 45.7 Å². The maximum absolute atomic E-state index is 12.6. The molecule has 1 aromatic heterocycles. The van der Waals surface area contributed by atoms with Gasteiger partial charge in [-0.25, -0.2) is 8.42 Å². The molecule has 2 aromatic rings. The third-order valence-corrected chi connectivity index (χ3v) is 8.22. The molecule has 26 heavy (non-hydrogen) atoms. The molecule has 136 valence electrons. The zero-order valence-corrected chi connectivity index (χ0v) is 16.9. The highest BCUT2D eigenvalue weighted by molar-refractivity contribution is 9.11. The van der Waals surface area contributed by atoms with Crippen molar-refractivity contribution >= 4 is 48.9 Å². The van der Waals surface area contributed by atoms with Gasteiger partial charge in [-0.2, -0.15) is 9.57 Å². The number of hydrogen-bond donors (Lipinski definition) is 1. The number of nitrogens with one attached hydrogen (secondary N) is 1. The van der Waals surface area contributed by atoms with Gasteiger partial charge in [0.2, 0.25) is 5.91 Å². The van der Waals surface area contributed by atoms with Gasteiger partial charge in [0.1, 0.15) is 4.21 Å². The monoisotopic (exact) mass is 453 g/mol. The first-order chi connectivity index (χ1) is 12.4. The first-order valence-corrected chi connectivity index (χ1v) is 11.0. The van der Waals surface area contributed by atoms with Crippen molar-refractivity contribution < 1.29 is 13.2 Å². The molecule has 0 spiro atoms. The zero-order valence-electron chi connectivity index (χ0n) is 13.7. The number of halogens is 1. The third kappa shape index (κ3) is 4.15. The van der Waals surface area contributed by atoms with Crippen LogP contribution in [0.15, 0.2) is 44.4 Å². The molecule has 1 fully saturated rings. The Bertz CT molecular complexity index is 958. The Kier molecular flexibility index (Phi) is 5.77. The van der Waals surface area contributed by atoms with Crippen LogP contribution in [0.2, 0.25) is 0 Å². The topological polar surface area (TPSA) is 90.3 Å². The van der Waals surface area contributed by atoms with Crippen molar-refractivity contribution in [1.82, 2.24) is 4.31 Å². The number of thiophene rings is 1. The Labute approximate surface area is 164 Å². The Balaban J connectivity index is 1.61. The van der Waals surface area contributed by atoms with Crippen molar-refractivity contribution in [2.45, 2.75) is 17.1 Å². The fourth-order valence-electron chi connectivity index (χ4n) is 2.83. The molecule has 3 rings (SSSR count). The van der Waals surface area contributed by atoms with Gasteiger partial charge in [-0.05, 0) is 59.1 Å². The molecule has 0 atom stereocenters. The van der Waals surface area contributed by atoms with Gasteiger partial charge in [0, 0.05) is 24.7 Å². The summed E-state index contributed by atoms with van der Waals surface area (Å²) >= 11 is 4.46. The predicted molar refractivity (Wildman–Crippen MR) is 103 cm³/mol. The van der Waals surface area contributed by atoms with E-state index in [-0.39, 0.29) is 11.8 Å². The zero-order chi connectivity index (χ0) is 18.7. The normalized spacial score (nSPS) is 16.2. The van der Waals surface area contributed by atoms with Gasteiger partial charge in [-0.1, -0.05) is 6.07 Å². The van der Waals surface area contributed by atoms with Crippen molar-refractivity contribution in [2.24, 2.45) is 5.92 Å². The van der Waals surface area contributed by atoms with Crippen LogP contribution in [0.4, 0.5) is 5.69 Å². The van der Waals surface area contributed by atoms with Gasteiger partial charge in [0.05, 0.1) is 15.4 Å². The summed E-state index contributed by atoms with van der Waals surface area (Å²) in [5, 5.41) is 11.7. The van der Waals surface area contributed by atoms with E-state index < -0.39 is 10.0 Å². The van der Waals surface area contributed by atoms with E-state index in [1.807, 2.05) is 6.07 Å². The molecule has 0 unspecified atom stereocenters. The fraction of sp³-hybridized carbons (Fsp3) is 0.294. The van der Waals surface area contributed by atoms with Crippen molar-refractivity contribution in [1.29, 1.82) is 5.26 Å². The quantitative estimate of drug-likeness (QED) is 0.767. The molecule has 1 N–H and O–H groups in total. The summed E-state index contributed by atoms with van der Waals surface area (Å²) in [6.45, 7) is 0.627. The van der Waals surface area contributed by atoms with E-state index in [0.717, 1.165) is 3.79 Å². The molecule has 1 saturated heterocycles. The number of carbonyl (C=O) groups is 1. The van der Waals surface area contributed by atoms with Crippen LogP contribution in [-0.2, 0) is 14.8 Å². The van der Waals surface area contributed by atoms with Gasteiger partial charge >= 0.3 is 0 Å². The average Bonchev–Trinajstić information content (AvgIpc) is 3.09. The Hall–Kier alpha value is -1.73. The minimum absolute atomic E-state index is 0.143. The summed E-state index contributed by atoms with van der Waals surface area (Å²) in [5.41, 5.74) is 1.05. The highest BCUT2D eigenvalue weighted by Crippen LogP contribution is 2.31. The smallest absolute Gasteiger partial charge is 0.252 e. The van der Waals surface area contributed by atoms with E-state index in [0.29, 0.717) is 41.4 Å².